The van der Waals surface area contributed by atoms with Gasteiger partial charge in [0, 0.05) is 24.4 Å². The molecule has 1 atom stereocenters. The summed E-state index contributed by atoms with van der Waals surface area (Å²) in [6.45, 7) is 1.04. The number of nitrogens with zero attached hydrogens (tertiary/aromatic N) is 3. The zero-order chi connectivity index (χ0) is 19.8. The summed E-state index contributed by atoms with van der Waals surface area (Å²) in [7, 11) is 0. The van der Waals surface area contributed by atoms with Gasteiger partial charge < -0.3 is 4.90 Å². The molecule has 1 unspecified atom stereocenters. The van der Waals surface area contributed by atoms with Gasteiger partial charge in [0.15, 0.2) is 0 Å². The molecule has 7 heteroatoms. The van der Waals surface area contributed by atoms with Gasteiger partial charge in [-0.15, -0.1) is 22.7 Å². The number of hydrogen-bond acceptors (Lipinski definition) is 5. The molecule has 4 heterocycles. The molecule has 1 amide bonds. The van der Waals surface area contributed by atoms with Gasteiger partial charge in [0.25, 0.3) is 5.56 Å². The van der Waals surface area contributed by atoms with Crippen LogP contribution in [-0.2, 0) is 17.8 Å². The summed E-state index contributed by atoms with van der Waals surface area (Å²) >= 11 is 3.21. The lowest BCUT2D eigenvalue weighted by atomic mass is 9.93. The summed E-state index contributed by atoms with van der Waals surface area (Å²) in [5, 5.41) is 4.59. The minimum Gasteiger partial charge on any atom is -0.331 e. The van der Waals surface area contributed by atoms with Crippen molar-refractivity contribution in [3.8, 4) is 0 Å². The van der Waals surface area contributed by atoms with Crippen LogP contribution >= 0.6 is 22.7 Å². The van der Waals surface area contributed by atoms with Crippen molar-refractivity contribution in [3.63, 3.8) is 0 Å². The molecule has 29 heavy (non-hydrogen) atoms. The molecule has 146 valence electrons. The van der Waals surface area contributed by atoms with Gasteiger partial charge in [0.05, 0.1) is 17.8 Å². The van der Waals surface area contributed by atoms with E-state index in [4.69, 9.17) is 0 Å². The Morgan fingerprint density at radius 1 is 1.10 bits per heavy atom. The summed E-state index contributed by atoms with van der Waals surface area (Å²) in [5.41, 5.74) is 2.26. The molecule has 0 fully saturated rings. The first kappa shape index (κ1) is 18.3. The standard InChI is InChI=1S/C22H19N3O2S2/c26-19(7-10-24-14-23-21-17(22(24)27)9-13-29-21)25-11-6-18-16(8-12-28-18)20(25)15-4-2-1-3-5-15/h1-5,8-9,12-14,20H,6-7,10-11H2. The molecule has 0 bridgehead atoms. The molecular weight excluding hydrogens is 402 g/mol. The van der Waals surface area contributed by atoms with E-state index < -0.39 is 0 Å². The second-order valence-corrected chi connectivity index (χ2v) is 8.98. The second kappa shape index (κ2) is 7.57. The van der Waals surface area contributed by atoms with Gasteiger partial charge in [-0.2, -0.15) is 0 Å². The van der Waals surface area contributed by atoms with Crippen LogP contribution in [0.15, 0.2) is 64.3 Å². The normalized spacial score (nSPS) is 16.1. The average molecular weight is 422 g/mol. The molecule has 1 aliphatic heterocycles. The first-order valence-electron chi connectivity index (χ1n) is 9.55. The fourth-order valence-electron chi connectivity index (χ4n) is 3.99. The molecule has 1 aromatic carbocycles. The number of carbonyl (C=O) groups excluding carboxylic acids is 1. The van der Waals surface area contributed by atoms with Gasteiger partial charge in [0.1, 0.15) is 4.83 Å². The maximum Gasteiger partial charge on any atom is 0.262 e. The Kier molecular flexibility index (Phi) is 4.77. The molecule has 0 saturated heterocycles. The topological polar surface area (TPSA) is 55.2 Å². The quantitative estimate of drug-likeness (QED) is 0.499. The first-order valence-corrected chi connectivity index (χ1v) is 11.3. The van der Waals surface area contributed by atoms with Crippen LogP contribution < -0.4 is 5.56 Å². The van der Waals surface area contributed by atoms with E-state index in [-0.39, 0.29) is 23.9 Å². The molecule has 0 saturated carbocycles. The lowest BCUT2D eigenvalue weighted by Gasteiger charge is -2.36. The molecule has 0 spiro atoms. The molecule has 5 rings (SSSR count). The van der Waals surface area contributed by atoms with E-state index in [0.29, 0.717) is 18.5 Å². The predicted molar refractivity (Wildman–Crippen MR) is 117 cm³/mol. The Balaban J connectivity index is 1.40. The van der Waals surface area contributed by atoms with Crippen LogP contribution in [0.3, 0.4) is 0 Å². The van der Waals surface area contributed by atoms with E-state index in [1.165, 1.54) is 21.8 Å². The predicted octanol–water partition coefficient (Wildman–Crippen LogP) is 4.08. The number of aromatic nitrogens is 2. The van der Waals surface area contributed by atoms with Crippen LogP contribution in [-0.4, -0.2) is 26.9 Å². The summed E-state index contributed by atoms with van der Waals surface area (Å²) in [6.07, 6.45) is 2.71. The second-order valence-electron chi connectivity index (χ2n) is 7.08. The number of amides is 1. The van der Waals surface area contributed by atoms with Crippen molar-refractivity contribution in [2.75, 3.05) is 6.54 Å². The monoisotopic (exact) mass is 421 g/mol. The number of fused-ring (bicyclic) bond motifs is 2. The van der Waals surface area contributed by atoms with E-state index >= 15 is 0 Å². The maximum absolute atomic E-state index is 13.2. The number of carbonyl (C=O) groups is 1. The van der Waals surface area contributed by atoms with Crippen molar-refractivity contribution in [3.05, 3.63) is 85.9 Å². The Morgan fingerprint density at radius 3 is 2.79 bits per heavy atom. The van der Waals surface area contributed by atoms with E-state index in [0.717, 1.165) is 16.8 Å². The molecule has 3 aromatic heterocycles. The molecule has 0 radical (unpaired) electrons. The Morgan fingerprint density at radius 2 is 1.93 bits per heavy atom. The molecule has 0 aliphatic carbocycles. The van der Waals surface area contributed by atoms with Crippen LogP contribution in [0.2, 0.25) is 0 Å². The Hall–Kier alpha value is -2.77. The van der Waals surface area contributed by atoms with E-state index in [9.17, 15) is 9.59 Å². The number of thiophene rings is 2. The van der Waals surface area contributed by atoms with E-state index in [1.54, 1.807) is 28.3 Å². The largest absolute Gasteiger partial charge is 0.331 e. The van der Waals surface area contributed by atoms with Crippen molar-refractivity contribution < 1.29 is 4.79 Å². The van der Waals surface area contributed by atoms with Crippen LogP contribution in [0.25, 0.3) is 10.2 Å². The van der Waals surface area contributed by atoms with Crippen LogP contribution in [0.5, 0.6) is 0 Å². The molecule has 0 N–H and O–H groups in total. The van der Waals surface area contributed by atoms with E-state index in [2.05, 4.69) is 28.6 Å². The maximum atomic E-state index is 13.2. The van der Waals surface area contributed by atoms with Crippen molar-refractivity contribution >= 4 is 38.8 Å². The van der Waals surface area contributed by atoms with E-state index in [1.807, 2.05) is 28.5 Å². The van der Waals surface area contributed by atoms with Crippen molar-refractivity contribution in [2.24, 2.45) is 0 Å². The molecular formula is C22H19N3O2S2. The third-order valence-corrected chi connectivity index (χ3v) is 7.24. The van der Waals surface area contributed by atoms with Crippen molar-refractivity contribution in [1.29, 1.82) is 0 Å². The highest BCUT2D eigenvalue weighted by molar-refractivity contribution is 7.16. The van der Waals surface area contributed by atoms with Crippen LogP contribution in [0.4, 0.5) is 0 Å². The van der Waals surface area contributed by atoms with Gasteiger partial charge in [-0.1, -0.05) is 30.3 Å². The van der Waals surface area contributed by atoms with Gasteiger partial charge in [-0.3, -0.25) is 14.2 Å². The smallest absolute Gasteiger partial charge is 0.262 e. The lowest BCUT2D eigenvalue weighted by Crippen LogP contribution is -2.40. The number of rotatable bonds is 4. The minimum atomic E-state index is -0.0811. The summed E-state index contributed by atoms with van der Waals surface area (Å²) in [6, 6.07) is 14.0. The van der Waals surface area contributed by atoms with Crippen molar-refractivity contribution in [2.45, 2.75) is 25.4 Å². The summed E-state index contributed by atoms with van der Waals surface area (Å²) in [5.74, 6) is 0.0630. The van der Waals surface area contributed by atoms with Crippen LogP contribution in [0.1, 0.15) is 28.5 Å². The lowest BCUT2D eigenvalue weighted by molar-refractivity contribution is -0.133. The first-order chi connectivity index (χ1) is 14.2. The fraction of sp³-hybridized carbons (Fsp3) is 0.227. The van der Waals surface area contributed by atoms with Gasteiger partial charge in [0.2, 0.25) is 5.91 Å². The van der Waals surface area contributed by atoms with Gasteiger partial charge in [-0.05, 0) is 40.4 Å². The van der Waals surface area contributed by atoms with Crippen LogP contribution in [0, 0.1) is 0 Å². The Bertz CT molecular complexity index is 1230. The fourth-order valence-corrected chi connectivity index (χ4v) is 5.62. The van der Waals surface area contributed by atoms with Crippen molar-refractivity contribution in [1.82, 2.24) is 14.5 Å². The van der Waals surface area contributed by atoms with Gasteiger partial charge in [-0.25, -0.2) is 4.98 Å². The minimum absolute atomic E-state index is 0.0621. The SMILES string of the molecule is O=C(CCn1cnc2sccc2c1=O)N1CCc2sccc2C1c1ccccc1. The molecule has 1 aliphatic rings. The average Bonchev–Trinajstić information content (AvgIpc) is 3.42. The third kappa shape index (κ3) is 3.30. The summed E-state index contributed by atoms with van der Waals surface area (Å²) in [4.78, 5) is 34.2. The third-order valence-electron chi connectivity index (χ3n) is 5.42. The Labute approximate surface area is 175 Å². The highest BCUT2D eigenvalue weighted by Gasteiger charge is 2.32. The van der Waals surface area contributed by atoms with Gasteiger partial charge >= 0.3 is 0 Å². The number of hydrogen-bond donors (Lipinski definition) is 0. The molecule has 4 aromatic rings. The number of aryl methyl sites for hydroxylation is 1. The number of benzene rings is 1. The highest BCUT2D eigenvalue weighted by atomic mass is 32.1. The summed E-state index contributed by atoms with van der Waals surface area (Å²) < 4.78 is 1.55. The zero-order valence-electron chi connectivity index (χ0n) is 15.7. The molecule has 5 nitrogen and oxygen atoms in total. The zero-order valence-corrected chi connectivity index (χ0v) is 17.3. The highest BCUT2D eigenvalue weighted by Crippen LogP contribution is 2.38.